The number of nitrogens with one attached hydrogen (secondary N) is 2. The first-order chi connectivity index (χ1) is 15.0. The van der Waals surface area contributed by atoms with Gasteiger partial charge in [-0.2, -0.15) is 0 Å². The number of carbonyl (C=O) groups excluding carboxylic acids is 2. The highest BCUT2D eigenvalue weighted by Gasteiger charge is 2.37. The number of nitrogens with zero attached hydrogens (tertiary/aromatic N) is 1. The van der Waals surface area contributed by atoms with Crippen LogP contribution in [-0.2, 0) is 22.6 Å². The molecule has 0 radical (unpaired) electrons. The second kappa shape index (κ2) is 9.52. The Balaban J connectivity index is 1.35. The largest absolute Gasteiger partial charge is 0.352 e. The van der Waals surface area contributed by atoms with Crippen molar-refractivity contribution < 1.29 is 9.59 Å². The van der Waals surface area contributed by atoms with E-state index >= 15 is 0 Å². The minimum Gasteiger partial charge on any atom is -0.352 e. The third-order valence-electron chi connectivity index (χ3n) is 5.92. The standard InChI is InChI=1S/C25H27N3O2S/c1-31-21-7-4-18(5-8-21)16-25(13-11-24(30)28-25)12-10-23(29)27-17-19-6-9-22-20(15-19)3-2-14-26-22/h2-9,14-15H,10-13,16-17H2,1H3,(H,27,29)(H,28,30)/t25-/m0/s1. The molecule has 2 aromatic carbocycles. The van der Waals surface area contributed by atoms with Crippen molar-refractivity contribution in [2.45, 2.75) is 49.1 Å². The maximum atomic E-state index is 12.6. The lowest BCUT2D eigenvalue weighted by atomic mass is 9.85. The Morgan fingerprint density at radius 3 is 2.71 bits per heavy atom. The molecule has 1 fully saturated rings. The molecule has 2 amide bonds. The van der Waals surface area contributed by atoms with Crippen molar-refractivity contribution in [1.29, 1.82) is 0 Å². The molecule has 1 atom stereocenters. The summed E-state index contributed by atoms with van der Waals surface area (Å²) < 4.78 is 0. The number of hydrogen-bond donors (Lipinski definition) is 2. The van der Waals surface area contributed by atoms with E-state index in [2.05, 4.69) is 52.2 Å². The van der Waals surface area contributed by atoms with Crippen LogP contribution in [0.4, 0.5) is 0 Å². The predicted molar refractivity (Wildman–Crippen MR) is 125 cm³/mol. The molecule has 160 valence electrons. The number of benzene rings is 2. The first-order valence-corrected chi connectivity index (χ1v) is 11.8. The van der Waals surface area contributed by atoms with E-state index in [0.717, 1.165) is 29.3 Å². The molecule has 4 rings (SSSR count). The maximum Gasteiger partial charge on any atom is 0.220 e. The highest BCUT2D eigenvalue weighted by atomic mass is 32.2. The molecule has 3 aromatic rings. The van der Waals surface area contributed by atoms with Gasteiger partial charge in [-0.1, -0.05) is 24.3 Å². The number of amides is 2. The molecule has 0 bridgehead atoms. The van der Waals surface area contributed by atoms with Crippen LogP contribution < -0.4 is 10.6 Å². The van der Waals surface area contributed by atoms with E-state index < -0.39 is 0 Å². The van der Waals surface area contributed by atoms with Gasteiger partial charge in [-0.05, 0) is 67.0 Å². The van der Waals surface area contributed by atoms with Gasteiger partial charge in [0, 0.05) is 41.4 Å². The van der Waals surface area contributed by atoms with Crippen molar-refractivity contribution >= 4 is 34.5 Å². The highest BCUT2D eigenvalue weighted by Crippen LogP contribution is 2.30. The lowest BCUT2D eigenvalue weighted by Gasteiger charge is -2.29. The van der Waals surface area contributed by atoms with Gasteiger partial charge >= 0.3 is 0 Å². The summed E-state index contributed by atoms with van der Waals surface area (Å²) in [7, 11) is 0. The lowest BCUT2D eigenvalue weighted by molar-refractivity contribution is -0.122. The third kappa shape index (κ3) is 5.44. The fourth-order valence-electron chi connectivity index (χ4n) is 4.19. The summed E-state index contributed by atoms with van der Waals surface area (Å²) in [6.45, 7) is 0.485. The average molecular weight is 434 g/mol. The SMILES string of the molecule is CSc1ccc(C[C@]2(CCC(=O)NCc3ccc4ncccc4c3)CCC(=O)N2)cc1. The summed E-state index contributed by atoms with van der Waals surface area (Å²) in [5.74, 6) is 0.0791. The number of aromatic nitrogens is 1. The molecule has 0 aliphatic carbocycles. The third-order valence-corrected chi connectivity index (χ3v) is 6.67. The van der Waals surface area contributed by atoms with Crippen LogP contribution in [0.25, 0.3) is 10.9 Å². The fraction of sp³-hybridized carbons (Fsp3) is 0.320. The summed E-state index contributed by atoms with van der Waals surface area (Å²) >= 11 is 1.71. The Labute approximate surface area is 187 Å². The fourth-order valence-corrected chi connectivity index (χ4v) is 4.60. The lowest BCUT2D eigenvalue weighted by Crippen LogP contribution is -2.44. The predicted octanol–water partition coefficient (Wildman–Crippen LogP) is 4.24. The number of hydrogen-bond acceptors (Lipinski definition) is 4. The maximum absolute atomic E-state index is 12.6. The van der Waals surface area contributed by atoms with Crippen LogP contribution in [0.2, 0.25) is 0 Å². The summed E-state index contributed by atoms with van der Waals surface area (Å²) in [6, 6.07) is 18.4. The zero-order valence-electron chi connectivity index (χ0n) is 17.7. The molecule has 0 saturated carbocycles. The van der Waals surface area contributed by atoms with E-state index in [1.165, 1.54) is 10.5 Å². The van der Waals surface area contributed by atoms with Crippen LogP contribution >= 0.6 is 11.8 Å². The van der Waals surface area contributed by atoms with Gasteiger partial charge in [0.15, 0.2) is 0 Å². The average Bonchev–Trinajstić information content (AvgIpc) is 3.17. The van der Waals surface area contributed by atoms with Gasteiger partial charge < -0.3 is 10.6 Å². The van der Waals surface area contributed by atoms with Gasteiger partial charge in [-0.15, -0.1) is 11.8 Å². The molecule has 5 nitrogen and oxygen atoms in total. The second-order valence-corrected chi connectivity index (χ2v) is 9.04. The van der Waals surface area contributed by atoms with Crippen LogP contribution in [0.1, 0.15) is 36.8 Å². The van der Waals surface area contributed by atoms with Crippen molar-refractivity contribution in [3.63, 3.8) is 0 Å². The smallest absolute Gasteiger partial charge is 0.220 e. The van der Waals surface area contributed by atoms with E-state index in [0.29, 0.717) is 25.8 Å². The highest BCUT2D eigenvalue weighted by molar-refractivity contribution is 7.98. The number of rotatable bonds is 8. The Hall–Kier alpha value is -2.86. The van der Waals surface area contributed by atoms with Gasteiger partial charge in [0.1, 0.15) is 0 Å². The zero-order valence-corrected chi connectivity index (χ0v) is 18.5. The monoisotopic (exact) mass is 433 g/mol. The van der Waals surface area contributed by atoms with Gasteiger partial charge in [-0.25, -0.2) is 0 Å². The van der Waals surface area contributed by atoms with E-state index in [1.807, 2.05) is 24.3 Å². The molecular formula is C25H27N3O2S. The van der Waals surface area contributed by atoms with Crippen molar-refractivity contribution in [2.24, 2.45) is 0 Å². The van der Waals surface area contributed by atoms with E-state index in [4.69, 9.17) is 0 Å². The van der Waals surface area contributed by atoms with Crippen molar-refractivity contribution in [2.75, 3.05) is 6.26 Å². The Kier molecular flexibility index (Phi) is 6.56. The molecule has 1 aromatic heterocycles. The van der Waals surface area contributed by atoms with Crippen LogP contribution in [0.15, 0.2) is 65.7 Å². The molecule has 2 N–H and O–H groups in total. The van der Waals surface area contributed by atoms with Crippen molar-refractivity contribution in [1.82, 2.24) is 15.6 Å². The summed E-state index contributed by atoms with van der Waals surface area (Å²) in [6.07, 6.45) is 6.89. The molecule has 1 aliphatic heterocycles. The van der Waals surface area contributed by atoms with Crippen LogP contribution in [0.3, 0.4) is 0 Å². The van der Waals surface area contributed by atoms with E-state index in [9.17, 15) is 9.59 Å². The first-order valence-electron chi connectivity index (χ1n) is 10.6. The summed E-state index contributed by atoms with van der Waals surface area (Å²) in [4.78, 5) is 30.1. The zero-order chi connectivity index (χ0) is 21.7. The van der Waals surface area contributed by atoms with Crippen LogP contribution in [0, 0.1) is 0 Å². The second-order valence-electron chi connectivity index (χ2n) is 8.16. The Morgan fingerprint density at radius 2 is 1.97 bits per heavy atom. The van der Waals surface area contributed by atoms with E-state index in [1.54, 1.807) is 18.0 Å². The first kappa shape index (κ1) is 21.4. The molecular weight excluding hydrogens is 406 g/mol. The van der Waals surface area contributed by atoms with Gasteiger partial charge in [0.2, 0.25) is 11.8 Å². The molecule has 6 heteroatoms. The quantitative estimate of drug-likeness (QED) is 0.521. The van der Waals surface area contributed by atoms with Crippen molar-refractivity contribution in [3.8, 4) is 0 Å². The number of pyridine rings is 1. The topological polar surface area (TPSA) is 71.1 Å². The van der Waals surface area contributed by atoms with Gasteiger partial charge in [0.05, 0.1) is 5.52 Å². The summed E-state index contributed by atoms with van der Waals surface area (Å²) in [5.41, 5.74) is 2.84. The van der Waals surface area contributed by atoms with E-state index in [-0.39, 0.29) is 17.4 Å². The molecule has 1 aliphatic rings. The Morgan fingerprint density at radius 1 is 1.16 bits per heavy atom. The number of thioether (sulfide) groups is 1. The van der Waals surface area contributed by atoms with Crippen LogP contribution in [0.5, 0.6) is 0 Å². The molecule has 1 saturated heterocycles. The number of fused-ring (bicyclic) bond motifs is 1. The van der Waals surface area contributed by atoms with Crippen molar-refractivity contribution in [3.05, 3.63) is 71.9 Å². The summed E-state index contributed by atoms with van der Waals surface area (Å²) in [5, 5.41) is 7.25. The normalized spacial score (nSPS) is 18.2. The molecule has 0 spiro atoms. The van der Waals surface area contributed by atoms with Gasteiger partial charge in [0.25, 0.3) is 0 Å². The molecule has 31 heavy (non-hydrogen) atoms. The van der Waals surface area contributed by atoms with Crippen LogP contribution in [-0.4, -0.2) is 28.6 Å². The minimum absolute atomic E-state index is 0.00420. The molecule has 0 unspecified atom stereocenters. The molecule has 2 heterocycles. The Bertz CT molecular complexity index is 1080. The number of carbonyl (C=O) groups is 2. The minimum atomic E-state index is -0.343. The van der Waals surface area contributed by atoms with Gasteiger partial charge in [-0.3, -0.25) is 14.6 Å².